The predicted molar refractivity (Wildman–Crippen MR) is 141 cm³/mol. The average Bonchev–Trinajstić information content (AvgIpc) is 3.30. The molecule has 1 atom stereocenters. The van der Waals surface area contributed by atoms with Crippen LogP contribution < -0.4 is 21.5 Å². The zero-order valence-electron chi connectivity index (χ0n) is 21.0. The molecule has 0 saturated heterocycles. The normalized spacial score (nSPS) is 11.3. The summed E-state index contributed by atoms with van der Waals surface area (Å²) in [4.78, 5) is 52.4. The molecule has 0 aliphatic rings. The van der Waals surface area contributed by atoms with Crippen molar-refractivity contribution >= 4 is 40.9 Å². The van der Waals surface area contributed by atoms with Gasteiger partial charge in [0.05, 0.1) is 18.9 Å². The topological polar surface area (TPSA) is 167 Å². The fourth-order valence-electron chi connectivity index (χ4n) is 3.67. The smallest absolute Gasteiger partial charge is 0.325 e. The Bertz CT molecular complexity index is 1280. The molecule has 0 aliphatic heterocycles. The molecule has 12 heteroatoms. The van der Waals surface area contributed by atoms with Crippen LogP contribution in [-0.2, 0) is 20.9 Å². The van der Waals surface area contributed by atoms with Crippen molar-refractivity contribution in [3.63, 3.8) is 0 Å². The second-order valence-electron chi connectivity index (χ2n) is 7.98. The Morgan fingerprint density at radius 3 is 2.29 bits per heavy atom. The van der Waals surface area contributed by atoms with Crippen LogP contribution in [0.15, 0.2) is 54.6 Å². The highest BCUT2D eigenvalue weighted by Crippen LogP contribution is 2.31. The van der Waals surface area contributed by atoms with Crippen LogP contribution in [0.25, 0.3) is 0 Å². The standard InChI is InChI=1S/C26H29N5O6S/c1-3-36-18-12-10-17(11-13-18)22(25(34)29-14-19(32)37-4-2)31(15-16-8-6-5-7-9-16)26(35)23-20(27)21(24(28)33)30-38-23/h5-13,22H,3-4,14-15,27H2,1-2H3,(H2,28,33)(H,29,34). The molecule has 1 aromatic heterocycles. The number of primary amides is 1. The number of carbonyl (C=O) groups is 4. The summed E-state index contributed by atoms with van der Waals surface area (Å²) in [6.45, 7) is 3.73. The number of aromatic nitrogens is 1. The molecule has 3 aromatic rings. The van der Waals surface area contributed by atoms with Crippen molar-refractivity contribution < 1.29 is 28.7 Å². The zero-order valence-corrected chi connectivity index (χ0v) is 21.8. The fraction of sp³-hybridized carbons (Fsp3) is 0.269. The number of esters is 1. The van der Waals surface area contributed by atoms with Crippen molar-refractivity contribution in [3.05, 3.63) is 76.3 Å². The second kappa shape index (κ2) is 13.2. The quantitative estimate of drug-likeness (QED) is 0.295. The fourth-order valence-corrected chi connectivity index (χ4v) is 4.44. The number of amides is 3. The van der Waals surface area contributed by atoms with E-state index in [1.807, 2.05) is 13.0 Å². The van der Waals surface area contributed by atoms with Gasteiger partial charge in [-0.05, 0) is 48.6 Å². The predicted octanol–water partition coefficient (Wildman–Crippen LogP) is 2.29. The number of carbonyl (C=O) groups excluding carboxylic acids is 4. The van der Waals surface area contributed by atoms with Crippen molar-refractivity contribution in [1.29, 1.82) is 0 Å². The van der Waals surface area contributed by atoms with E-state index in [0.717, 1.165) is 5.56 Å². The highest BCUT2D eigenvalue weighted by Gasteiger charge is 2.35. The Balaban J connectivity index is 2.08. The lowest BCUT2D eigenvalue weighted by atomic mass is 10.0. The summed E-state index contributed by atoms with van der Waals surface area (Å²) in [5.74, 6) is -2.17. The number of ether oxygens (including phenoxy) is 2. The molecule has 3 amide bonds. The van der Waals surface area contributed by atoms with E-state index in [9.17, 15) is 19.2 Å². The number of nitrogens with zero attached hydrogens (tertiary/aromatic N) is 2. The Morgan fingerprint density at radius 1 is 1.03 bits per heavy atom. The van der Waals surface area contributed by atoms with Gasteiger partial charge in [0, 0.05) is 6.54 Å². The minimum Gasteiger partial charge on any atom is -0.494 e. The first-order valence-corrected chi connectivity index (χ1v) is 12.6. The first-order chi connectivity index (χ1) is 18.3. The maximum absolute atomic E-state index is 13.9. The first kappa shape index (κ1) is 28.1. The molecule has 200 valence electrons. The summed E-state index contributed by atoms with van der Waals surface area (Å²) in [5, 5.41) is 2.56. The average molecular weight is 540 g/mol. The van der Waals surface area contributed by atoms with Gasteiger partial charge in [-0.15, -0.1) is 0 Å². The maximum atomic E-state index is 13.9. The highest BCUT2D eigenvalue weighted by molar-refractivity contribution is 7.09. The van der Waals surface area contributed by atoms with Gasteiger partial charge in [0.2, 0.25) is 5.91 Å². The minimum atomic E-state index is -1.19. The number of hydrogen-bond donors (Lipinski definition) is 3. The van der Waals surface area contributed by atoms with Crippen molar-refractivity contribution in [2.75, 3.05) is 25.5 Å². The van der Waals surface area contributed by atoms with Gasteiger partial charge in [0.1, 0.15) is 23.2 Å². The Labute approximate surface area is 223 Å². The van der Waals surface area contributed by atoms with Crippen LogP contribution in [0.4, 0.5) is 5.69 Å². The van der Waals surface area contributed by atoms with Crippen LogP contribution in [0.3, 0.4) is 0 Å². The largest absolute Gasteiger partial charge is 0.494 e. The van der Waals surface area contributed by atoms with E-state index in [0.29, 0.717) is 29.5 Å². The third-order valence-electron chi connectivity index (χ3n) is 5.39. The molecule has 38 heavy (non-hydrogen) atoms. The van der Waals surface area contributed by atoms with Gasteiger partial charge < -0.3 is 31.2 Å². The molecule has 11 nitrogen and oxygen atoms in total. The van der Waals surface area contributed by atoms with Gasteiger partial charge in [-0.3, -0.25) is 19.2 Å². The summed E-state index contributed by atoms with van der Waals surface area (Å²) in [6.07, 6.45) is 0. The molecule has 3 rings (SSSR count). The summed E-state index contributed by atoms with van der Waals surface area (Å²) in [7, 11) is 0. The van der Waals surface area contributed by atoms with E-state index in [-0.39, 0.29) is 36.0 Å². The third kappa shape index (κ3) is 6.85. The number of anilines is 1. The van der Waals surface area contributed by atoms with Crippen LogP contribution in [-0.4, -0.2) is 52.7 Å². The molecule has 5 N–H and O–H groups in total. The van der Waals surface area contributed by atoms with Crippen LogP contribution >= 0.6 is 11.5 Å². The van der Waals surface area contributed by atoms with E-state index in [4.69, 9.17) is 20.9 Å². The molecule has 0 aliphatic carbocycles. The molecular formula is C26H29N5O6S. The molecule has 0 spiro atoms. The number of nitrogens with one attached hydrogen (secondary N) is 1. The van der Waals surface area contributed by atoms with Gasteiger partial charge in [-0.1, -0.05) is 42.5 Å². The monoisotopic (exact) mass is 539 g/mol. The number of nitrogens with two attached hydrogens (primary N) is 2. The molecule has 0 fully saturated rings. The minimum absolute atomic E-state index is 0.00756. The highest BCUT2D eigenvalue weighted by atomic mass is 32.1. The Morgan fingerprint density at radius 2 is 1.71 bits per heavy atom. The lowest BCUT2D eigenvalue weighted by Gasteiger charge is -2.31. The van der Waals surface area contributed by atoms with Gasteiger partial charge in [0.15, 0.2) is 5.69 Å². The van der Waals surface area contributed by atoms with E-state index < -0.39 is 29.7 Å². The molecule has 1 unspecified atom stereocenters. The lowest BCUT2D eigenvalue weighted by Crippen LogP contribution is -2.44. The molecule has 2 aromatic carbocycles. The summed E-state index contributed by atoms with van der Waals surface area (Å²) in [5.41, 5.74) is 12.2. The maximum Gasteiger partial charge on any atom is 0.325 e. The second-order valence-corrected chi connectivity index (χ2v) is 8.76. The van der Waals surface area contributed by atoms with Gasteiger partial charge in [-0.2, -0.15) is 4.37 Å². The van der Waals surface area contributed by atoms with Gasteiger partial charge >= 0.3 is 5.97 Å². The van der Waals surface area contributed by atoms with Crippen LogP contribution in [0.1, 0.15) is 51.2 Å². The molecular weight excluding hydrogens is 510 g/mol. The van der Waals surface area contributed by atoms with E-state index in [1.165, 1.54) is 4.90 Å². The molecule has 0 bridgehead atoms. The van der Waals surface area contributed by atoms with Gasteiger partial charge in [0.25, 0.3) is 11.8 Å². The summed E-state index contributed by atoms with van der Waals surface area (Å²) in [6, 6.07) is 14.5. The van der Waals surface area contributed by atoms with Crippen LogP contribution in [0.2, 0.25) is 0 Å². The van der Waals surface area contributed by atoms with E-state index in [2.05, 4.69) is 9.69 Å². The zero-order chi connectivity index (χ0) is 27.7. The number of nitrogen functional groups attached to an aromatic ring is 1. The van der Waals surface area contributed by atoms with Crippen molar-refractivity contribution in [3.8, 4) is 5.75 Å². The Kier molecular flexibility index (Phi) is 9.77. The summed E-state index contributed by atoms with van der Waals surface area (Å²) >= 11 is 0.717. The van der Waals surface area contributed by atoms with Gasteiger partial charge in [-0.25, -0.2) is 0 Å². The number of benzene rings is 2. The molecule has 0 saturated carbocycles. The van der Waals surface area contributed by atoms with Crippen molar-refractivity contribution in [1.82, 2.24) is 14.6 Å². The number of hydrogen-bond acceptors (Lipinski definition) is 9. The van der Waals surface area contributed by atoms with E-state index in [1.54, 1.807) is 55.5 Å². The SMILES string of the molecule is CCOC(=O)CNC(=O)C(c1ccc(OCC)cc1)N(Cc1ccccc1)C(=O)c1snc(C(N)=O)c1N. The van der Waals surface area contributed by atoms with Crippen molar-refractivity contribution in [2.45, 2.75) is 26.4 Å². The molecule has 1 heterocycles. The Hall–Kier alpha value is -4.45. The molecule has 0 radical (unpaired) electrons. The summed E-state index contributed by atoms with van der Waals surface area (Å²) < 4.78 is 14.4. The van der Waals surface area contributed by atoms with Crippen molar-refractivity contribution in [2.24, 2.45) is 5.73 Å². The van der Waals surface area contributed by atoms with E-state index >= 15 is 0 Å². The van der Waals surface area contributed by atoms with Crippen LogP contribution in [0, 0.1) is 0 Å². The van der Waals surface area contributed by atoms with Crippen LogP contribution in [0.5, 0.6) is 5.75 Å². The first-order valence-electron chi connectivity index (χ1n) is 11.8. The lowest BCUT2D eigenvalue weighted by molar-refractivity contribution is -0.143. The number of rotatable bonds is 12. The third-order valence-corrected chi connectivity index (χ3v) is 6.24.